The van der Waals surface area contributed by atoms with Gasteiger partial charge in [0.2, 0.25) is 5.24 Å². The van der Waals surface area contributed by atoms with Gasteiger partial charge in [0, 0.05) is 0 Å². The van der Waals surface area contributed by atoms with E-state index in [0.29, 0.717) is 0 Å². The summed E-state index contributed by atoms with van der Waals surface area (Å²) in [6.45, 7) is 0. The van der Waals surface area contributed by atoms with E-state index in [-0.39, 0.29) is 11.2 Å². The van der Waals surface area contributed by atoms with E-state index in [1.807, 2.05) is 24.3 Å². The molecule has 0 aromatic rings. The molecule has 0 unspecified atom stereocenters. The van der Waals surface area contributed by atoms with Gasteiger partial charge in [0.25, 0.3) is 0 Å². The Morgan fingerprint density at radius 1 is 1.10 bits per heavy atom. The molecule has 0 bridgehead atoms. The molecule has 1 nitrogen and oxygen atoms in total. The molecule has 10 heavy (non-hydrogen) atoms. The molecule has 0 saturated carbocycles. The van der Waals surface area contributed by atoms with Crippen molar-refractivity contribution < 1.29 is 4.79 Å². The fraction of sp³-hybridized carbons (Fsp3) is 0.125. The lowest BCUT2D eigenvalue weighted by Gasteiger charge is -1.95. The summed E-state index contributed by atoms with van der Waals surface area (Å²) in [5.74, 6) is -0.253. The van der Waals surface area contributed by atoms with Gasteiger partial charge in [0.15, 0.2) is 0 Å². The molecule has 0 spiro atoms. The second kappa shape index (κ2) is 3.37. The van der Waals surface area contributed by atoms with E-state index in [0.717, 1.165) is 0 Å². The van der Waals surface area contributed by atoms with Crippen LogP contribution in [0.3, 0.4) is 0 Å². The van der Waals surface area contributed by atoms with Gasteiger partial charge in [-0.2, -0.15) is 0 Å². The molecule has 0 aromatic carbocycles. The van der Waals surface area contributed by atoms with Gasteiger partial charge in [-0.25, -0.2) is 0 Å². The highest BCUT2D eigenvalue weighted by atomic mass is 35.5. The zero-order chi connectivity index (χ0) is 7.40. The lowest BCUT2D eigenvalue weighted by molar-refractivity contribution is -0.112. The summed E-state index contributed by atoms with van der Waals surface area (Å²) in [5.41, 5.74) is 0. The van der Waals surface area contributed by atoms with Crippen molar-refractivity contribution in [2.45, 2.75) is 0 Å². The molecule has 0 fully saturated rings. The van der Waals surface area contributed by atoms with Gasteiger partial charge in [-0.15, -0.1) is 0 Å². The van der Waals surface area contributed by atoms with Crippen molar-refractivity contribution in [2.24, 2.45) is 5.92 Å². The predicted molar refractivity (Wildman–Crippen MR) is 41.8 cm³/mol. The van der Waals surface area contributed by atoms with Crippen LogP contribution < -0.4 is 0 Å². The van der Waals surface area contributed by atoms with E-state index in [1.165, 1.54) is 0 Å². The first kappa shape index (κ1) is 7.29. The minimum Gasteiger partial charge on any atom is -0.280 e. The first-order valence-corrected chi connectivity index (χ1v) is 3.39. The zero-order valence-corrected chi connectivity index (χ0v) is 6.08. The summed E-state index contributed by atoms with van der Waals surface area (Å²) in [6.07, 6.45) is 10.9. The van der Waals surface area contributed by atoms with E-state index in [1.54, 1.807) is 12.2 Å². The molecule has 0 aromatic heterocycles. The van der Waals surface area contributed by atoms with E-state index >= 15 is 0 Å². The maximum Gasteiger partial charge on any atom is 0.232 e. The number of halogens is 1. The topological polar surface area (TPSA) is 17.1 Å². The van der Waals surface area contributed by atoms with Gasteiger partial charge < -0.3 is 0 Å². The first-order valence-electron chi connectivity index (χ1n) is 3.02. The van der Waals surface area contributed by atoms with Crippen LogP contribution in [0.15, 0.2) is 36.5 Å². The van der Waals surface area contributed by atoms with Gasteiger partial charge in [-0.3, -0.25) is 4.79 Å². The molecule has 52 valence electrons. The second-order valence-electron chi connectivity index (χ2n) is 1.98. The third-order valence-corrected chi connectivity index (χ3v) is 1.48. The van der Waals surface area contributed by atoms with Crippen molar-refractivity contribution in [1.29, 1.82) is 0 Å². The van der Waals surface area contributed by atoms with Crippen LogP contribution in [0.4, 0.5) is 0 Å². The Morgan fingerprint density at radius 2 is 1.60 bits per heavy atom. The summed E-state index contributed by atoms with van der Waals surface area (Å²) in [4.78, 5) is 10.6. The monoisotopic (exact) mass is 154 g/mol. The fourth-order valence-electron chi connectivity index (χ4n) is 0.711. The van der Waals surface area contributed by atoms with Crippen LogP contribution in [0.25, 0.3) is 0 Å². The average Bonchev–Trinajstić information content (AvgIpc) is 2.12. The van der Waals surface area contributed by atoms with E-state index in [2.05, 4.69) is 0 Å². The minimum atomic E-state index is -0.337. The number of allylic oxidation sites excluding steroid dienone is 6. The zero-order valence-electron chi connectivity index (χ0n) is 5.33. The molecule has 0 radical (unpaired) electrons. The summed E-state index contributed by atoms with van der Waals surface area (Å²) < 4.78 is 0. The van der Waals surface area contributed by atoms with Crippen molar-refractivity contribution in [3.05, 3.63) is 36.5 Å². The highest BCUT2D eigenvalue weighted by molar-refractivity contribution is 6.64. The Bertz CT molecular complexity index is 197. The molecule has 1 rings (SSSR count). The van der Waals surface area contributed by atoms with Crippen molar-refractivity contribution in [1.82, 2.24) is 0 Å². The standard InChI is InChI=1S/C8H7ClO/c9-8(10)7-5-3-1-2-4-6-7/h1-7H. The van der Waals surface area contributed by atoms with Gasteiger partial charge in [0.1, 0.15) is 0 Å². The van der Waals surface area contributed by atoms with Gasteiger partial charge >= 0.3 is 0 Å². The van der Waals surface area contributed by atoms with Gasteiger partial charge in [0.05, 0.1) is 5.92 Å². The van der Waals surface area contributed by atoms with E-state index < -0.39 is 0 Å². The maximum absolute atomic E-state index is 10.6. The lowest BCUT2D eigenvalue weighted by Crippen LogP contribution is -2.00. The highest BCUT2D eigenvalue weighted by Crippen LogP contribution is 2.08. The largest absolute Gasteiger partial charge is 0.280 e. The Hall–Kier alpha value is -0.820. The minimum absolute atomic E-state index is 0.253. The summed E-state index contributed by atoms with van der Waals surface area (Å²) >= 11 is 5.26. The quantitative estimate of drug-likeness (QED) is 0.529. The van der Waals surface area contributed by atoms with Crippen LogP contribution >= 0.6 is 11.6 Å². The van der Waals surface area contributed by atoms with E-state index in [9.17, 15) is 4.79 Å². The third kappa shape index (κ3) is 1.85. The van der Waals surface area contributed by atoms with Crippen LogP contribution in [0.5, 0.6) is 0 Å². The van der Waals surface area contributed by atoms with Crippen LogP contribution in [0.2, 0.25) is 0 Å². The summed E-state index contributed by atoms with van der Waals surface area (Å²) in [7, 11) is 0. The van der Waals surface area contributed by atoms with Crippen molar-refractivity contribution in [2.75, 3.05) is 0 Å². The van der Waals surface area contributed by atoms with Crippen LogP contribution in [0.1, 0.15) is 0 Å². The van der Waals surface area contributed by atoms with Crippen LogP contribution in [-0.4, -0.2) is 5.24 Å². The Kier molecular flexibility index (Phi) is 2.46. The molecule has 1 aliphatic rings. The first-order chi connectivity index (χ1) is 4.80. The number of hydrogen-bond acceptors (Lipinski definition) is 1. The predicted octanol–water partition coefficient (Wildman–Crippen LogP) is 2.05. The number of carbonyl (C=O) groups excluding carboxylic acids is 1. The molecule has 1 aliphatic carbocycles. The van der Waals surface area contributed by atoms with Gasteiger partial charge in [-0.1, -0.05) is 36.5 Å². The average molecular weight is 155 g/mol. The molecule has 0 amide bonds. The van der Waals surface area contributed by atoms with Gasteiger partial charge in [-0.05, 0) is 11.6 Å². The third-order valence-electron chi connectivity index (χ3n) is 1.23. The maximum atomic E-state index is 10.6. The van der Waals surface area contributed by atoms with Crippen LogP contribution in [-0.2, 0) is 4.79 Å². The smallest absolute Gasteiger partial charge is 0.232 e. The number of carbonyl (C=O) groups is 1. The summed E-state index contributed by atoms with van der Waals surface area (Å²) in [5, 5.41) is -0.337. The Morgan fingerprint density at radius 3 is 2.00 bits per heavy atom. The molecule has 2 heteroatoms. The van der Waals surface area contributed by atoms with Crippen molar-refractivity contribution in [3.63, 3.8) is 0 Å². The summed E-state index contributed by atoms with van der Waals surface area (Å²) in [6, 6.07) is 0. The number of hydrogen-bond donors (Lipinski definition) is 0. The molecular formula is C8H7ClO. The van der Waals surface area contributed by atoms with Crippen molar-refractivity contribution in [3.8, 4) is 0 Å². The molecular weight excluding hydrogens is 148 g/mol. The van der Waals surface area contributed by atoms with Crippen molar-refractivity contribution >= 4 is 16.8 Å². The lowest BCUT2D eigenvalue weighted by atomic mass is 10.1. The molecule has 0 atom stereocenters. The molecule has 0 heterocycles. The Balaban J connectivity index is 2.72. The molecule has 0 N–H and O–H groups in total. The SMILES string of the molecule is O=C(Cl)C1C=CC=CC=C1. The van der Waals surface area contributed by atoms with E-state index in [4.69, 9.17) is 11.6 Å². The highest BCUT2D eigenvalue weighted by Gasteiger charge is 2.07. The Labute approximate surface area is 64.7 Å². The normalized spacial score (nSPS) is 17.3. The van der Waals surface area contributed by atoms with Crippen LogP contribution in [0, 0.1) is 5.92 Å². The fourth-order valence-corrected chi connectivity index (χ4v) is 0.857. The molecule has 0 aliphatic heterocycles. The molecule has 0 saturated heterocycles. The number of rotatable bonds is 1. The second-order valence-corrected chi connectivity index (χ2v) is 2.36.